The third-order valence-electron chi connectivity index (χ3n) is 3.91. The van der Waals surface area contributed by atoms with Crippen molar-refractivity contribution in [2.24, 2.45) is 5.92 Å². The highest BCUT2D eigenvalue weighted by Crippen LogP contribution is 2.30. The Bertz CT molecular complexity index is 439. The molecule has 1 aromatic carbocycles. The number of rotatable bonds is 4. The number of benzene rings is 1. The Morgan fingerprint density at radius 3 is 2.67 bits per heavy atom. The number of nitrogens with one attached hydrogen (secondary N) is 1. The van der Waals surface area contributed by atoms with Crippen LogP contribution in [0.1, 0.15) is 38.2 Å². The van der Waals surface area contributed by atoms with Crippen molar-refractivity contribution in [1.82, 2.24) is 0 Å². The molecule has 18 heavy (non-hydrogen) atoms. The zero-order valence-corrected chi connectivity index (χ0v) is 11.0. The van der Waals surface area contributed by atoms with E-state index in [0.29, 0.717) is 17.5 Å². The van der Waals surface area contributed by atoms with Crippen molar-refractivity contribution in [3.05, 3.63) is 33.9 Å². The fourth-order valence-electron chi connectivity index (χ4n) is 2.73. The fourth-order valence-corrected chi connectivity index (χ4v) is 2.73. The lowest BCUT2D eigenvalue weighted by Crippen LogP contribution is -2.23. The summed E-state index contributed by atoms with van der Waals surface area (Å²) in [5.74, 6) is 0.699. The standard InChI is InChI=1S/C14H20N2O2/c1-10-7-8-13(9-14(10)16(17)18)15-11(2)12-5-3-4-6-12/h7-9,11-12,15H,3-6H2,1-2H3. The lowest BCUT2D eigenvalue weighted by Gasteiger charge is -2.21. The Balaban J connectivity index is 2.09. The van der Waals surface area contributed by atoms with E-state index in [9.17, 15) is 10.1 Å². The summed E-state index contributed by atoms with van der Waals surface area (Å²) < 4.78 is 0. The molecule has 1 aliphatic carbocycles. The van der Waals surface area contributed by atoms with Crippen LogP contribution in [0.2, 0.25) is 0 Å². The Morgan fingerprint density at radius 2 is 2.06 bits per heavy atom. The van der Waals surface area contributed by atoms with Gasteiger partial charge < -0.3 is 5.32 Å². The summed E-state index contributed by atoms with van der Waals surface area (Å²) in [6.07, 6.45) is 5.15. The zero-order chi connectivity index (χ0) is 13.1. The normalized spacial score (nSPS) is 17.7. The van der Waals surface area contributed by atoms with Crippen LogP contribution in [0.25, 0.3) is 0 Å². The van der Waals surface area contributed by atoms with Gasteiger partial charge in [0, 0.05) is 23.4 Å². The van der Waals surface area contributed by atoms with Gasteiger partial charge in [-0.25, -0.2) is 0 Å². The number of anilines is 1. The summed E-state index contributed by atoms with van der Waals surface area (Å²) in [5.41, 5.74) is 1.75. The summed E-state index contributed by atoms with van der Waals surface area (Å²) in [6.45, 7) is 3.93. The Kier molecular flexibility index (Phi) is 3.84. The van der Waals surface area contributed by atoms with Gasteiger partial charge in [0.25, 0.3) is 5.69 Å². The van der Waals surface area contributed by atoms with Crippen LogP contribution in [-0.2, 0) is 0 Å². The predicted molar refractivity (Wildman–Crippen MR) is 72.9 cm³/mol. The van der Waals surface area contributed by atoms with Gasteiger partial charge in [0.15, 0.2) is 0 Å². The summed E-state index contributed by atoms with van der Waals surface area (Å²) in [7, 11) is 0. The van der Waals surface area contributed by atoms with Gasteiger partial charge in [-0.05, 0) is 38.7 Å². The SMILES string of the molecule is Cc1ccc(NC(C)C2CCCC2)cc1[N+](=O)[O-]. The maximum Gasteiger partial charge on any atom is 0.274 e. The third-order valence-corrected chi connectivity index (χ3v) is 3.91. The van der Waals surface area contributed by atoms with Crippen LogP contribution in [-0.4, -0.2) is 11.0 Å². The van der Waals surface area contributed by atoms with E-state index in [-0.39, 0.29) is 10.6 Å². The molecule has 0 aliphatic heterocycles. The number of nitro groups is 1. The van der Waals surface area contributed by atoms with Crippen LogP contribution < -0.4 is 5.32 Å². The molecule has 2 rings (SSSR count). The second-order valence-electron chi connectivity index (χ2n) is 5.24. The van der Waals surface area contributed by atoms with Crippen molar-refractivity contribution < 1.29 is 4.92 Å². The average Bonchev–Trinajstić information content (AvgIpc) is 2.85. The fraction of sp³-hybridized carbons (Fsp3) is 0.571. The van der Waals surface area contributed by atoms with Crippen LogP contribution in [0.15, 0.2) is 18.2 Å². The minimum absolute atomic E-state index is 0.193. The number of hydrogen-bond acceptors (Lipinski definition) is 3. The van der Waals surface area contributed by atoms with Crippen molar-refractivity contribution in [2.75, 3.05) is 5.32 Å². The van der Waals surface area contributed by atoms with Gasteiger partial charge in [0.2, 0.25) is 0 Å². The number of hydrogen-bond donors (Lipinski definition) is 1. The molecule has 0 spiro atoms. The molecular weight excluding hydrogens is 228 g/mol. The van der Waals surface area contributed by atoms with Gasteiger partial charge in [0.05, 0.1) is 4.92 Å². The molecule has 0 amide bonds. The second kappa shape index (κ2) is 5.38. The van der Waals surface area contributed by atoms with Crippen molar-refractivity contribution in [2.45, 2.75) is 45.6 Å². The summed E-state index contributed by atoms with van der Waals surface area (Å²) >= 11 is 0. The molecule has 0 bridgehead atoms. The smallest absolute Gasteiger partial charge is 0.274 e. The molecule has 1 saturated carbocycles. The monoisotopic (exact) mass is 248 g/mol. The molecule has 1 atom stereocenters. The first kappa shape index (κ1) is 12.9. The number of nitro benzene ring substituents is 1. The van der Waals surface area contributed by atoms with Crippen LogP contribution in [0.4, 0.5) is 11.4 Å². The third kappa shape index (κ3) is 2.81. The molecule has 98 valence electrons. The van der Waals surface area contributed by atoms with Gasteiger partial charge in [-0.2, -0.15) is 0 Å². The first-order chi connectivity index (χ1) is 8.58. The van der Waals surface area contributed by atoms with Crippen LogP contribution in [0.5, 0.6) is 0 Å². The zero-order valence-electron chi connectivity index (χ0n) is 11.0. The van der Waals surface area contributed by atoms with Crippen LogP contribution in [0.3, 0.4) is 0 Å². The second-order valence-corrected chi connectivity index (χ2v) is 5.24. The van der Waals surface area contributed by atoms with Crippen LogP contribution in [0, 0.1) is 23.0 Å². The average molecular weight is 248 g/mol. The van der Waals surface area contributed by atoms with E-state index in [4.69, 9.17) is 0 Å². The van der Waals surface area contributed by atoms with Crippen molar-refractivity contribution >= 4 is 11.4 Å². The molecule has 1 fully saturated rings. The molecule has 0 saturated heterocycles. The number of nitrogens with zero attached hydrogens (tertiary/aromatic N) is 1. The lowest BCUT2D eigenvalue weighted by atomic mass is 9.99. The molecule has 0 aromatic heterocycles. The maximum atomic E-state index is 10.9. The predicted octanol–water partition coefficient (Wildman–Crippen LogP) is 3.89. The molecule has 1 aliphatic rings. The number of aryl methyl sites for hydroxylation is 1. The Hall–Kier alpha value is -1.58. The minimum Gasteiger partial charge on any atom is -0.382 e. The van der Waals surface area contributed by atoms with Crippen molar-refractivity contribution in [1.29, 1.82) is 0 Å². The first-order valence-electron chi connectivity index (χ1n) is 6.59. The topological polar surface area (TPSA) is 55.2 Å². The van der Waals surface area contributed by atoms with Gasteiger partial charge in [0.1, 0.15) is 0 Å². The molecule has 0 heterocycles. The van der Waals surface area contributed by atoms with Gasteiger partial charge >= 0.3 is 0 Å². The van der Waals surface area contributed by atoms with E-state index in [2.05, 4.69) is 12.2 Å². The highest BCUT2D eigenvalue weighted by atomic mass is 16.6. The summed E-state index contributed by atoms with van der Waals surface area (Å²) in [4.78, 5) is 10.6. The highest BCUT2D eigenvalue weighted by Gasteiger charge is 2.22. The van der Waals surface area contributed by atoms with Crippen molar-refractivity contribution in [3.63, 3.8) is 0 Å². The van der Waals surface area contributed by atoms with E-state index in [1.165, 1.54) is 25.7 Å². The maximum absolute atomic E-state index is 10.9. The van der Waals surface area contributed by atoms with Crippen molar-refractivity contribution in [3.8, 4) is 0 Å². The molecular formula is C14H20N2O2. The van der Waals surface area contributed by atoms with E-state index in [1.54, 1.807) is 13.0 Å². The van der Waals surface area contributed by atoms with E-state index in [0.717, 1.165) is 5.69 Å². The van der Waals surface area contributed by atoms with Gasteiger partial charge in [-0.15, -0.1) is 0 Å². The quantitative estimate of drug-likeness (QED) is 0.649. The highest BCUT2D eigenvalue weighted by molar-refractivity contribution is 5.55. The van der Waals surface area contributed by atoms with E-state index >= 15 is 0 Å². The molecule has 4 heteroatoms. The van der Waals surface area contributed by atoms with E-state index in [1.807, 2.05) is 12.1 Å². The molecule has 4 nitrogen and oxygen atoms in total. The Labute approximate surface area is 108 Å². The molecule has 0 radical (unpaired) electrons. The summed E-state index contributed by atoms with van der Waals surface area (Å²) in [5, 5.41) is 14.3. The molecule has 1 unspecified atom stereocenters. The molecule has 1 N–H and O–H groups in total. The minimum atomic E-state index is -0.319. The summed E-state index contributed by atoms with van der Waals surface area (Å²) in [6, 6.07) is 5.76. The Morgan fingerprint density at radius 1 is 1.39 bits per heavy atom. The molecule has 1 aromatic rings. The largest absolute Gasteiger partial charge is 0.382 e. The van der Waals surface area contributed by atoms with Gasteiger partial charge in [-0.1, -0.05) is 18.9 Å². The van der Waals surface area contributed by atoms with Crippen LogP contribution >= 0.6 is 0 Å². The van der Waals surface area contributed by atoms with Gasteiger partial charge in [-0.3, -0.25) is 10.1 Å². The lowest BCUT2D eigenvalue weighted by molar-refractivity contribution is -0.385. The first-order valence-corrected chi connectivity index (χ1v) is 6.59. The van der Waals surface area contributed by atoms with E-state index < -0.39 is 0 Å².